The van der Waals surface area contributed by atoms with Crippen molar-refractivity contribution in [3.8, 4) is 11.5 Å². The maximum absolute atomic E-state index is 12.7. The SMILES string of the molecule is C=CCN(CCO)S(=O)(=O)c1cc(OC)c(OC)cc1C. The van der Waals surface area contributed by atoms with Gasteiger partial charge in [0.15, 0.2) is 11.5 Å². The summed E-state index contributed by atoms with van der Waals surface area (Å²) in [6.07, 6.45) is 1.48. The van der Waals surface area contributed by atoms with Crippen molar-refractivity contribution in [2.24, 2.45) is 0 Å². The van der Waals surface area contributed by atoms with Crippen molar-refractivity contribution in [1.82, 2.24) is 4.31 Å². The average molecular weight is 315 g/mol. The second-order valence-electron chi connectivity index (χ2n) is 4.35. The molecule has 1 aromatic carbocycles. The molecule has 0 unspecified atom stereocenters. The topological polar surface area (TPSA) is 76.1 Å². The zero-order valence-corrected chi connectivity index (χ0v) is 13.3. The molecular weight excluding hydrogens is 294 g/mol. The summed E-state index contributed by atoms with van der Waals surface area (Å²) in [7, 11) is -0.816. The highest BCUT2D eigenvalue weighted by Gasteiger charge is 2.26. The number of sulfonamides is 1. The monoisotopic (exact) mass is 315 g/mol. The lowest BCUT2D eigenvalue weighted by atomic mass is 10.2. The van der Waals surface area contributed by atoms with Crippen LogP contribution in [-0.2, 0) is 10.0 Å². The molecule has 0 aliphatic rings. The molecule has 6 nitrogen and oxygen atoms in total. The minimum atomic E-state index is -3.75. The van der Waals surface area contributed by atoms with Gasteiger partial charge in [0.25, 0.3) is 0 Å². The normalized spacial score (nSPS) is 11.5. The lowest BCUT2D eigenvalue weighted by molar-refractivity contribution is 0.260. The van der Waals surface area contributed by atoms with Crippen LogP contribution in [0.3, 0.4) is 0 Å². The molecule has 1 rings (SSSR count). The molecule has 0 saturated heterocycles. The largest absolute Gasteiger partial charge is 0.493 e. The van der Waals surface area contributed by atoms with Crippen LogP contribution < -0.4 is 9.47 Å². The number of benzene rings is 1. The number of aliphatic hydroxyl groups excluding tert-OH is 1. The fourth-order valence-electron chi connectivity index (χ4n) is 1.94. The van der Waals surface area contributed by atoms with Crippen molar-refractivity contribution in [1.29, 1.82) is 0 Å². The van der Waals surface area contributed by atoms with Gasteiger partial charge in [0, 0.05) is 19.2 Å². The lowest BCUT2D eigenvalue weighted by Gasteiger charge is -2.21. The second-order valence-corrected chi connectivity index (χ2v) is 6.25. The molecule has 1 aromatic rings. The van der Waals surface area contributed by atoms with E-state index >= 15 is 0 Å². The molecule has 21 heavy (non-hydrogen) atoms. The first-order valence-electron chi connectivity index (χ1n) is 6.36. The Labute approximate surface area is 125 Å². The number of aliphatic hydroxyl groups is 1. The number of aryl methyl sites for hydroxylation is 1. The summed E-state index contributed by atoms with van der Waals surface area (Å²) in [5.41, 5.74) is 0.541. The van der Waals surface area contributed by atoms with Crippen molar-refractivity contribution in [2.75, 3.05) is 33.9 Å². The van der Waals surface area contributed by atoms with Gasteiger partial charge >= 0.3 is 0 Å². The average Bonchev–Trinajstić information content (AvgIpc) is 2.46. The summed E-state index contributed by atoms with van der Waals surface area (Å²) in [6.45, 7) is 5.08. The van der Waals surface area contributed by atoms with Gasteiger partial charge in [0.2, 0.25) is 10.0 Å². The van der Waals surface area contributed by atoms with Gasteiger partial charge in [0.1, 0.15) is 0 Å². The predicted molar refractivity (Wildman–Crippen MR) is 80.3 cm³/mol. The summed E-state index contributed by atoms with van der Waals surface area (Å²) < 4.78 is 36.8. The van der Waals surface area contributed by atoms with Crippen molar-refractivity contribution in [2.45, 2.75) is 11.8 Å². The zero-order valence-electron chi connectivity index (χ0n) is 12.5. The Morgan fingerprint density at radius 2 is 1.86 bits per heavy atom. The number of ether oxygens (including phenoxy) is 2. The Morgan fingerprint density at radius 3 is 2.33 bits per heavy atom. The van der Waals surface area contributed by atoms with Crippen LogP contribution in [0.25, 0.3) is 0 Å². The van der Waals surface area contributed by atoms with E-state index in [0.29, 0.717) is 17.1 Å². The Balaban J connectivity index is 3.39. The Hall–Kier alpha value is -1.57. The molecule has 7 heteroatoms. The summed E-state index contributed by atoms with van der Waals surface area (Å²) >= 11 is 0. The number of hydrogen-bond acceptors (Lipinski definition) is 5. The molecule has 0 aromatic heterocycles. The Bertz CT molecular complexity index is 598. The zero-order chi connectivity index (χ0) is 16.0. The Kier molecular flexibility index (Phi) is 6.19. The maximum Gasteiger partial charge on any atom is 0.243 e. The van der Waals surface area contributed by atoms with Gasteiger partial charge in [-0.1, -0.05) is 6.08 Å². The predicted octanol–water partition coefficient (Wildman–Crippen LogP) is 1.18. The van der Waals surface area contributed by atoms with Crippen LogP contribution in [0.4, 0.5) is 0 Å². The summed E-state index contributed by atoms with van der Waals surface area (Å²) in [6, 6.07) is 3.04. The molecule has 0 radical (unpaired) electrons. The van der Waals surface area contributed by atoms with Crippen LogP contribution in [0, 0.1) is 6.92 Å². The van der Waals surface area contributed by atoms with Gasteiger partial charge in [-0.3, -0.25) is 0 Å². The van der Waals surface area contributed by atoms with Crippen LogP contribution >= 0.6 is 0 Å². The van der Waals surface area contributed by atoms with E-state index in [1.54, 1.807) is 13.0 Å². The van der Waals surface area contributed by atoms with Crippen LogP contribution in [0.15, 0.2) is 29.7 Å². The van der Waals surface area contributed by atoms with Crippen molar-refractivity contribution < 1.29 is 23.0 Å². The van der Waals surface area contributed by atoms with Gasteiger partial charge in [-0.05, 0) is 18.6 Å². The Morgan fingerprint density at radius 1 is 1.29 bits per heavy atom. The number of nitrogens with zero attached hydrogens (tertiary/aromatic N) is 1. The molecule has 0 aliphatic heterocycles. The fraction of sp³-hybridized carbons (Fsp3) is 0.429. The van der Waals surface area contributed by atoms with Gasteiger partial charge < -0.3 is 14.6 Å². The standard InChI is InChI=1S/C14H21NO5S/c1-5-6-15(7-8-16)21(17,18)14-10-13(20-4)12(19-3)9-11(14)2/h5,9-10,16H,1,6-8H2,2-4H3. The molecule has 0 aliphatic carbocycles. The van der Waals surface area contributed by atoms with Crippen LogP contribution in [0.1, 0.15) is 5.56 Å². The van der Waals surface area contributed by atoms with Gasteiger partial charge in [-0.25, -0.2) is 8.42 Å². The third-order valence-electron chi connectivity index (χ3n) is 2.98. The van der Waals surface area contributed by atoms with E-state index in [1.165, 1.54) is 26.4 Å². The molecule has 0 amide bonds. The smallest absolute Gasteiger partial charge is 0.243 e. The lowest BCUT2D eigenvalue weighted by Crippen LogP contribution is -2.34. The molecule has 0 saturated carbocycles. The van der Waals surface area contributed by atoms with Crippen molar-refractivity contribution >= 4 is 10.0 Å². The van der Waals surface area contributed by atoms with E-state index in [1.807, 2.05) is 0 Å². The summed E-state index contributed by atoms with van der Waals surface area (Å²) in [5, 5.41) is 9.04. The molecule has 0 fully saturated rings. The first-order valence-corrected chi connectivity index (χ1v) is 7.80. The highest BCUT2D eigenvalue weighted by molar-refractivity contribution is 7.89. The molecule has 0 spiro atoms. The third-order valence-corrected chi connectivity index (χ3v) is 4.99. The quantitative estimate of drug-likeness (QED) is 0.729. The fourth-order valence-corrected chi connectivity index (χ4v) is 3.57. The van der Waals surface area contributed by atoms with E-state index in [2.05, 4.69) is 6.58 Å². The second kappa shape index (κ2) is 7.44. The van der Waals surface area contributed by atoms with E-state index < -0.39 is 10.0 Å². The minimum Gasteiger partial charge on any atom is -0.493 e. The van der Waals surface area contributed by atoms with Crippen molar-refractivity contribution in [3.05, 3.63) is 30.4 Å². The summed E-state index contributed by atoms with van der Waals surface area (Å²) in [5.74, 6) is 0.801. The summed E-state index contributed by atoms with van der Waals surface area (Å²) in [4.78, 5) is 0.121. The van der Waals surface area contributed by atoms with E-state index in [0.717, 1.165) is 4.31 Å². The van der Waals surface area contributed by atoms with Gasteiger partial charge in [-0.15, -0.1) is 6.58 Å². The molecular formula is C14H21NO5S. The molecule has 1 N–H and O–H groups in total. The first-order chi connectivity index (χ1) is 9.92. The number of methoxy groups -OCH3 is 2. The number of rotatable bonds is 8. The third kappa shape index (κ3) is 3.75. The van der Waals surface area contributed by atoms with Gasteiger partial charge in [-0.2, -0.15) is 4.31 Å². The number of hydrogen-bond donors (Lipinski definition) is 1. The minimum absolute atomic E-state index is 0.00212. The van der Waals surface area contributed by atoms with Crippen LogP contribution in [0.5, 0.6) is 11.5 Å². The van der Waals surface area contributed by atoms with Crippen molar-refractivity contribution in [3.63, 3.8) is 0 Å². The van der Waals surface area contributed by atoms with E-state index in [-0.39, 0.29) is 24.6 Å². The van der Waals surface area contributed by atoms with E-state index in [4.69, 9.17) is 14.6 Å². The molecule has 0 atom stereocenters. The maximum atomic E-state index is 12.7. The highest BCUT2D eigenvalue weighted by atomic mass is 32.2. The first kappa shape index (κ1) is 17.5. The highest BCUT2D eigenvalue weighted by Crippen LogP contribution is 2.33. The molecule has 0 heterocycles. The molecule has 118 valence electrons. The van der Waals surface area contributed by atoms with Gasteiger partial charge in [0.05, 0.1) is 25.7 Å². The van der Waals surface area contributed by atoms with Crippen LogP contribution in [0.2, 0.25) is 0 Å². The molecule has 0 bridgehead atoms. The van der Waals surface area contributed by atoms with E-state index in [9.17, 15) is 8.42 Å². The van der Waals surface area contributed by atoms with Crippen LogP contribution in [-0.4, -0.2) is 51.7 Å².